The van der Waals surface area contributed by atoms with Crippen molar-refractivity contribution in [2.45, 2.75) is 26.5 Å². The summed E-state index contributed by atoms with van der Waals surface area (Å²) in [4.78, 5) is 0. The maximum atomic E-state index is 9.27. The van der Waals surface area contributed by atoms with Gasteiger partial charge in [-0.25, -0.2) is 0 Å². The molecule has 0 aliphatic heterocycles. The highest BCUT2D eigenvalue weighted by atomic mass is 79.9. The van der Waals surface area contributed by atoms with Gasteiger partial charge >= 0.3 is 0 Å². The van der Waals surface area contributed by atoms with Crippen molar-refractivity contribution in [3.8, 4) is 11.5 Å². The molecule has 0 saturated carbocycles. The summed E-state index contributed by atoms with van der Waals surface area (Å²) in [5.41, 5.74) is 2.04. The van der Waals surface area contributed by atoms with Gasteiger partial charge in [-0.15, -0.1) is 0 Å². The highest BCUT2D eigenvalue weighted by molar-refractivity contribution is 9.10. The van der Waals surface area contributed by atoms with Gasteiger partial charge in [-0.3, -0.25) is 0 Å². The van der Waals surface area contributed by atoms with Crippen LogP contribution in [0.1, 0.15) is 19.4 Å². The number of anilines is 1. The van der Waals surface area contributed by atoms with Crippen molar-refractivity contribution < 1.29 is 9.84 Å². The molecule has 0 aliphatic rings. The number of benzene rings is 2. The first-order chi connectivity index (χ1) is 9.54. The van der Waals surface area contributed by atoms with Crippen molar-refractivity contribution in [2.24, 2.45) is 0 Å². The molecule has 0 aromatic heterocycles. The van der Waals surface area contributed by atoms with Gasteiger partial charge in [0.1, 0.15) is 11.5 Å². The summed E-state index contributed by atoms with van der Waals surface area (Å²) in [7, 11) is 0. The highest BCUT2D eigenvalue weighted by Crippen LogP contribution is 2.25. The quantitative estimate of drug-likeness (QED) is 0.787. The molecule has 0 spiro atoms. The second-order valence-corrected chi connectivity index (χ2v) is 5.73. The molecule has 0 fully saturated rings. The van der Waals surface area contributed by atoms with Gasteiger partial charge in [0.25, 0.3) is 0 Å². The topological polar surface area (TPSA) is 41.5 Å². The molecule has 0 unspecified atom stereocenters. The van der Waals surface area contributed by atoms with E-state index >= 15 is 0 Å². The van der Waals surface area contributed by atoms with E-state index in [-0.39, 0.29) is 11.9 Å². The molecule has 20 heavy (non-hydrogen) atoms. The molecule has 2 aromatic rings. The first kappa shape index (κ1) is 14.7. The largest absolute Gasteiger partial charge is 0.508 e. The van der Waals surface area contributed by atoms with Crippen LogP contribution in [0, 0.1) is 0 Å². The SMILES string of the molecule is CC(C)Oc1ccc(Br)cc1CNc1ccc(O)cc1. The van der Waals surface area contributed by atoms with Crippen LogP contribution >= 0.6 is 15.9 Å². The van der Waals surface area contributed by atoms with E-state index < -0.39 is 0 Å². The lowest BCUT2D eigenvalue weighted by Crippen LogP contribution is -2.09. The molecule has 0 saturated heterocycles. The third-order valence-corrected chi connectivity index (χ3v) is 3.23. The van der Waals surface area contributed by atoms with Gasteiger partial charge in [-0.2, -0.15) is 0 Å². The van der Waals surface area contributed by atoms with E-state index in [2.05, 4.69) is 21.2 Å². The summed E-state index contributed by atoms with van der Waals surface area (Å²) in [6.45, 7) is 4.69. The predicted octanol–water partition coefficient (Wildman–Crippen LogP) is 4.55. The number of aromatic hydroxyl groups is 1. The van der Waals surface area contributed by atoms with Crippen molar-refractivity contribution >= 4 is 21.6 Å². The van der Waals surface area contributed by atoms with E-state index in [9.17, 15) is 5.11 Å². The molecular formula is C16H18BrNO2. The van der Waals surface area contributed by atoms with E-state index in [1.54, 1.807) is 12.1 Å². The fourth-order valence-electron chi connectivity index (χ4n) is 1.83. The fourth-order valence-corrected chi connectivity index (χ4v) is 2.24. The number of ether oxygens (including phenoxy) is 1. The summed E-state index contributed by atoms with van der Waals surface area (Å²) in [5.74, 6) is 1.15. The van der Waals surface area contributed by atoms with Crippen LogP contribution in [0.3, 0.4) is 0 Å². The average Bonchev–Trinajstić information content (AvgIpc) is 2.40. The van der Waals surface area contributed by atoms with Gasteiger partial charge in [-0.1, -0.05) is 15.9 Å². The second-order valence-electron chi connectivity index (χ2n) is 4.82. The lowest BCUT2D eigenvalue weighted by molar-refractivity contribution is 0.240. The zero-order valence-corrected chi connectivity index (χ0v) is 13.1. The summed E-state index contributed by atoms with van der Waals surface area (Å²) in [5, 5.41) is 12.6. The third-order valence-electron chi connectivity index (χ3n) is 2.74. The first-order valence-electron chi connectivity index (χ1n) is 6.52. The summed E-state index contributed by atoms with van der Waals surface area (Å²) in [6, 6.07) is 13.0. The van der Waals surface area contributed by atoms with Crippen LogP contribution in [-0.4, -0.2) is 11.2 Å². The van der Waals surface area contributed by atoms with E-state index in [0.29, 0.717) is 6.54 Å². The maximum absolute atomic E-state index is 9.27. The molecule has 0 atom stereocenters. The summed E-state index contributed by atoms with van der Waals surface area (Å²) < 4.78 is 6.83. The monoisotopic (exact) mass is 335 g/mol. The van der Waals surface area contributed by atoms with Crippen molar-refractivity contribution in [1.29, 1.82) is 0 Å². The van der Waals surface area contributed by atoms with Gasteiger partial charge in [0.15, 0.2) is 0 Å². The Morgan fingerprint density at radius 1 is 1.15 bits per heavy atom. The number of halogens is 1. The van der Waals surface area contributed by atoms with Crippen molar-refractivity contribution in [2.75, 3.05) is 5.32 Å². The minimum atomic E-state index is 0.142. The second kappa shape index (κ2) is 6.66. The van der Waals surface area contributed by atoms with Crippen LogP contribution in [0.15, 0.2) is 46.9 Å². The van der Waals surface area contributed by atoms with Crippen LogP contribution in [0.2, 0.25) is 0 Å². The van der Waals surface area contributed by atoms with Crippen molar-refractivity contribution in [3.63, 3.8) is 0 Å². The Hall–Kier alpha value is -1.68. The normalized spacial score (nSPS) is 10.6. The molecule has 4 heteroatoms. The highest BCUT2D eigenvalue weighted by Gasteiger charge is 2.06. The standard InChI is InChI=1S/C16H18BrNO2/c1-11(2)20-16-8-3-13(17)9-12(16)10-18-14-4-6-15(19)7-5-14/h3-9,11,18-19H,10H2,1-2H3. The molecule has 2 rings (SSSR count). The van der Waals surface area contributed by atoms with Crippen LogP contribution < -0.4 is 10.1 Å². The first-order valence-corrected chi connectivity index (χ1v) is 7.32. The summed E-state index contributed by atoms with van der Waals surface area (Å²) >= 11 is 3.48. The fraction of sp³-hybridized carbons (Fsp3) is 0.250. The van der Waals surface area contributed by atoms with Crippen molar-refractivity contribution in [1.82, 2.24) is 0 Å². The Morgan fingerprint density at radius 2 is 1.85 bits per heavy atom. The Morgan fingerprint density at radius 3 is 2.50 bits per heavy atom. The molecule has 2 aromatic carbocycles. The van der Waals surface area contributed by atoms with Gasteiger partial charge < -0.3 is 15.2 Å². The minimum Gasteiger partial charge on any atom is -0.508 e. The Labute approximate surface area is 127 Å². The number of nitrogens with one attached hydrogen (secondary N) is 1. The zero-order chi connectivity index (χ0) is 14.5. The maximum Gasteiger partial charge on any atom is 0.124 e. The number of hydrogen-bond acceptors (Lipinski definition) is 3. The van der Waals surface area contributed by atoms with Crippen LogP contribution in [0.5, 0.6) is 11.5 Å². The van der Waals surface area contributed by atoms with Gasteiger partial charge in [-0.05, 0) is 56.3 Å². The minimum absolute atomic E-state index is 0.142. The van der Waals surface area contributed by atoms with Crippen molar-refractivity contribution in [3.05, 3.63) is 52.5 Å². The number of phenolic OH excluding ortho intramolecular Hbond substituents is 1. The van der Waals surface area contributed by atoms with E-state index in [4.69, 9.17) is 4.74 Å². The predicted molar refractivity (Wildman–Crippen MR) is 85.3 cm³/mol. The van der Waals surface area contributed by atoms with E-state index in [0.717, 1.165) is 21.5 Å². The van der Waals surface area contributed by atoms with Crippen LogP contribution in [-0.2, 0) is 6.54 Å². The molecule has 106 valence electrons. The van der Waals surface area contributed by atoms with Gasteiger partial charge in [0, 0.05) is 22.3 Å². The Bertz CT molecular complexity index is 567. The smallest absolute Gasteiger partial charge is 0.124 e. The van der Waals surface area contributed by atoms with E-state index in [1.807, 2.05) is 44.2 Å². The lowest BCUT2D eigenvalue weighted by atomic mass is 10.2. The van der Waals surface area contributed by atoms with Crippen LogP contribution in [0.25, 0.3) is 0 Å². The zero-order valence-electron chi connectivity index (χ0n) is 11.6. The Balaban J connectivity index is 2.11. The van der Waals surface area contributed by atoms with Gasteiger partial charge in [0.05, 0.1) is 6.10 Å². The molecule has 0 aliphatic carbocycles. The summed E-state index contributed by atoms with van der Waals surface area (Å²) in [6.07, 6.45) is 0.142. The molecular weight excluding hydrogens is 318 g/mol. The molecule has 2 N–H and O–H groups in total. The van der Waals surface area contributed by atoms with E-state index in [1.165, 1.54) is 0 Å². The van der Waals surface area contributed by atoms with Crippen LogP contribution in [0.4, 0.5) is 5.69 Å². The third kappa shape index (κ3) is 4.17. The number of hydrogen-bond donors (Lipinski definition) is 2. The van der Waals surface area contributed by atoms with Gasteiger partial charge in [0.2, 0.25) is 0 Å². The lowest BCUT2D eigenvalue weighted by Gasteiger charge is -2.15. The molecule has 0 bridgehead atoms. The molecule has 0 amide bonds. The Kier molecular flexibility index (Phi) is 4.90. The molecule has 3 nitrogen and oxygen atoms in total. The average molecular weight is 336 g/mol. The molecule has 0 radical (unpaired) electrons. The molecule has 0 heterocycles. The number of phenols is 1. The number of rotatable bonds is 5.